The standard InChI is InChI=1S/C17H12FN5/c1-11-2-3-12-9-13(10-19-15-6-4-14(18)5-7-15)17-20-21-22-23(17)16(12)8-11/h2-10H,1H3. The number of tetrazole rings is 1. The number of nitrogens with zero attached hydrogens (tertiary/aromatic N) is 5. The van der Waals surface area contributed by atoms with Gasteiger partial charge in [0.25, 0.3) is 0 Å². The van der Waals surface area contributed by atoms with Crippen LogP contribution < -0.4 is 0 Å². The number of hydrogen-bond acceptors (Lipinski definition) is 4. The quantitative estimate of drug-likeness (QED) is 0.533. The Bertz CT molecular complexity index is 1030. The van der Waals surface area contributed by atoms with E-state index in [1.807, 2.05) is 31.2 Å². The molecule has 5 nitrogen and oxygen atoms in total. The third-order valence-corrected chi connectivity index (χ3v) is 3.63. The minimum atomic E-state index is -0.283. The molecule has 0 fully saturated rings. The van der Waals surface area contributed by atoms with Crippen LogP contribution in [0.4, 0.5) is 10.1 Å². The summed E-state index contributed by atoms with van der Waals surface area (Å²) in [5, 5.41) is 12.9. The molecule has 0 aliphatic rings. The molecule has 4 aromatic rings. The number of halogens is 1. The summed E-state index contributed by atoms with van der Waals surface area (Å²) in [6.07, 6.45) is 1.69. The third-order valence-electron chi connectivity index (χ3n) is 3.63. The Morgan fingerprint density at radius 3 is 2.74 bits per heavy atom. The number of fused-ring (bicyclic) bond motifs is 3. The molecular formula is C17H12FN5. The molecular weight excluding hydrogens is 293 g/mol. The van der Waals surface area contributed by atoms with Crippen molar-refractivity contribution in [3.63, 3.8) is 0 Å². The lowest BCUT2D eigenvalue weighted by atomic mass is 10.1. The Kier molecular flexibility index (Phi) is 3.08. The molecule has 0 spiro atoms. The second kappa shape index (κ2) is 5.24. The minimum absolute atomic E-state index is 0.283. The number of hydrogen-bond donors (Lipinski definition) is 0. The van der Waals surface area contributed by atoms with E-state index in [0.29, 0.717) is 11.3 Å². The highest BCUT2D eigenvalue weighted by molar-refractivity contribution is 5.95. The Hall–Kier alpha value is -3.15. The fourth-order valence-electron chi connectivity index (χ4n) is 2.49. The van der Waals surface area contributed by atoms with Crippen molar-refractivity contribution in [3.05, 3.63) is 65.5 Å². The smallest absolute Gasteiger partial charge is 0.188 e. The van der Waals surface area contributed by atoms with Gasteiger partial charge in [0.1, 0.15) is 5.82 Å². The van der Waals surface area contributed by atoms with Crippen molar-refractivity contribution < 1.29 is 4.39 Å². The lowest BCUT2D eigenvalue weighted by Gasteiger charge is -2.04. The molecule has 6 heteroatoms. The number of aryl methyl sites for hydroxylation is 1. The third kappa shape index (κ3) is 2.44. The van der Waals surface area contributed by atoms with Gasteiger partial charge in [0.15, 0.2) is 5.65 Å². The van der Waals surface area contributed by atoms with Gasteiger partial charge in [0, 0.05) is 17.2 Å². The molecule has 0 amide bonds. The van der Waals surface area contributed by atoms with Gasteiger partial charge in [-0.1, -0.05) is 12.1 Å². The second-order valence-electron chi connectivity index (χ2n) is 5.31. The molecule has 0 saturated carbocycles. The molecule has 2 heterocycles. The van der Waals surface area contributed by atoms with E-state index >= 15 is 0 Å². The van der Waals surface area contributed by atoms with E-state index < -0.39 is 0 Å². The van der Waals surface area contributed by atoms with Crippen LogP contribution in [-0.2, 0) is 0 Å². The highest BCUT2D eigenvalue weighted by atomic mass is 19.1. The van der Waals surface area contributed by atoms with E-state index in [1.54, 1.807) is 22.9 Å². The van der Waals surface area contributed by atoms with Gasteiger partial charge in [-0.05, 0) is 59.3 Å². The molecule has 2 aromatic carbocycles. The molecule has 0 bridgehead atoms. The topological polar surface area (TPSA) is 55.4 Å². The number of aromatic nitrogens is 4. The van der Waals surface area contributed by atoms with Crippen LogP contribution in [0.3, 0.4) is 0 Å². The van der Waals surface area contributed by atoms with Gasteiger partial charge in [-0.15, -0.1) is 5.10 Å². The first kappa shape index (κ1) is 13.5. The molecule has 2 aromatic heterocycles. The van der Waals surface area contributed by atoms with Crippen molar-refractivity contribution in [1.29, 1.82) is 0 Å². The average molecular weight is 305 g/mol. The molecule has 23 heavy (non-hydrogen) atoms. The number of pyridine rings is 1. The van der Waals surface area contributed by atoms with E-state index in [9.17, 15) is 4.39 Å². The summed E-state index contributed by atoms with van der Waals surface area (Å²) in [6, 6.07) is 14.1. The molecule has 0 aliphatic heterocycles. The van der Waals surface area contributed by atoms with Gasteiger partial charge in [-0.2, -0.15) is 4.52 Å². The maximum atomic E-state index is 12.9. The van der Waals surface area contributed by atoms with Crippen LogP contribution in [-0.4, -0.2) is 26.3 Å². The van der Waals surface area contributed by atoms with Crippen LogP contribution in [0.15, 0.2) is 53.5 Å². The van der Waals surface area contributed by atoms with Crippen LogP contribution in [0, 0.1) is 12.7 Å². The summed E-state index contributed by atoms with van der Waals surface area (Å²) >= 11 is 0. The Balaban J connectivity index is 1.87. The number of rotatable bonds is 2. The van der Waals surface area contributed by atoms with E-state index in [1.165, 1.54) is 12.1 Å². The van der Waals surface area contributed by atoms with Gasteiger partial charge < -0.3 is 0 Å². The van der Waals surface area contributed by atoms with E-state index in [0.717, 1.165) is 22.0 Å². The fourth-order valence-corrected chi connectivity index (χ4v) is 2.49. The monoisotopic (exact) mass is 305 g/mol. The van der Waals surface area contributed by atoms with E-state index in [4.69, 9.17) is 0 Å². The summed E-state index contributed by atoms with van der Waals surface area (Å²) in [4.78, 5) is 4.37. The number of aliphatic imine (C=N–C) groups is 1. The average Bonchev–Trinajstić information content (AvgIpc) is 3.04. The zero-order valence-electron chi connectivity index (χ0n) is 12.3. The van der Waals surface area contributed by atoms with E-state index in [2.05, 4.69) is 20.5 Å². The maximum absolute atomic E-state index is 12.9. The van der Waals surface area contributed by atoms with Gasteiger partial charge in [0.05, 0.1) is 11.2 Å². The zero-order chi connectivity index (χ0) is 15.8. The van der Waals surface area contributed by atoms with Crippen molar-refractivity contribution in [3.8, 4) is 0 Å². The predicted molar refractivity (Wildman–Crippen MR) is 86.7 cm³/mol. The second-order valence-corrected chi connectivity index (χ2v) is 5.31. The lowest BCUT2D eigenvalue weighted by molar-refractivity contribution is 0.628. The Labute approximate surface area is 131 Å². The van der Waals surface area contributed by atoms with Crippen LogP contribution in [0.1, 0.15) is 11.1 Å². The highest BCUT2D eigenvalue weighted by Gasteiger charge is 2.08. The van der Waals surface area contributed by atoms with Gasteiger partial charge in [-0.3, -0.25) is 4.99 Å². The van der Waals surface area contributed by atoms with E-state index in [-0.39, 0.29) is 5.82 Å². The molecule has 0 N–H and O–H groups in total. The van der Waals surface area contributed by atoms with Crippen LogP contribution in [0.25, 0.3) is 16.6 Å². The molecule has 4 rings (SSSR count). The first-order valence-electron chi connectivity index (χ1n) is 7.12. The number of benzene rings is 2. The van der Waals surface area contributed by atoms with Gasteiger partial charge in [0.2, 0.25) is 0 Å². The Morgan fingerprint density at radius 2 is 1.91 bits per heavy atom. The van der Waals surface area contributed by atoms with Crippen LogP contribution in [0.5, 0.6) is 0 Å². The molecule has 0 atom stereocenters. The summed E-state index contributed by atoms with van der Waals surface area (Å²) in [5.74, 6) is -0.283. The molecule has 0 aliphatic carbocycles. The first-order chi connectivity index (χ1) is 11.2. The highest BCUT2D eigenvalue weighted by Crippen LogP contribution is 2.20. The molecule has 0 unspecified atom stereocenters. The summed E-state index contributed by atoms with van der Waals surface area (Å²) < 4.78 is 14.6. The van der Waals surface area contributed by atoms with Crippen LogP contribution >= 0.6 is 0 Å². The predicted octanol–water partition coefficient (Wildman–Crippen LogP) is 3.48. The maximum Gasteiger partial charge on any atom is 0.188 e. The minimum Gasteiger partial charge on any atom is -0.256 e. The van der Waals surface area contributed by atoms with Crippen molar-refractivity contribution in [2.75, 3.05) is 0 Å². The largest absolute Gasteiger partial charge is 0.256 e. The van der Waals surface area contributed by atoms with Gasteiger partial charge in [-0.25, -0.2) is 4.39 Å². The van der Waals surface area contributed by atoms with Crippen molar-refractivity contribution in [2.45, 2.75) is 6.92 Å². The fraction of sp³-hybridized carbons (Fsp3) is 0.0588. The normalized spacial score (nSPS) is 11.7. The zero-order valence-corrected chi connectivity index (χ0v) is 12.3. The molecule has 0 radical (unpaired) electrons. The van der Waals surface area contributed by atoms with Crippen LogP contribution in [0.2, 0.25) is 0 Å². The lowest BCUT2D eigenvalue weighted by Crippen LogP contribution is -1.96. The van der Waals surface area contributed by atoms with Crippen molar-refractivity contribution in [1.82, 2.24) is 20.0 Å². The summed E-state index contributed by atoms with van der Waals surface area (Å²) in [7, 11) is 0. The van der Waals surface area contributed by atoms with Crippen molar-refractivity contribution >= 4 is 28.5 Å². The van der Waals surface area contributed by atoms with Crippen molar-refractivity contribution in [2.24, 2.45) is 4.99 Å². The summed E-state index contributed by atoms with van der Waals surface area (Å²) in [5.41, 5.74) is 4.19. The molecule has 112 valence electrons. The first-order valence-corrected chi connectivity index (χ1v) is 7.12. The summed E-state index contributed by atoms with van der Waals surface area (Å²) in [6.45, 7) is 2.03. The SMILES string of the molecule is Cc1ccc2cc(C=Nc3ccc(F)cc3)c3nnnn3c2c1. The van der Waals surface area contributed by atoms with Gasteiger partial charge >= 0.3 is 0 Å². The Morgan fingerprint density at radius 1 is 1.09 bits per heavy atom. The molecule has 0 saturated heterocycles.